The fraction of sp³-hybridized carbons (Fsp3) is 0.462. The SMILES string of the molecule is O=C=NCC1(c2ccccc2F)CCCC1. The lowest BCUT2D eigenvalue weighted by Gasteiger charge is -2.27. The Morgan fingerprint density at radius 3 is 2.62 bits per heavy atom. The summed E-state index contributed by atoms with van der Waals surface area (Å²) in [6.07, 6.45) is 5.51. The van der Waals surface area contributed by atoms with Gasteiger partial charge in [-0.15, -0.1) is 0 Å². The van der Waals surface area contributed by atoms with Gasteiger partial charge in [0.2, 0.25) is 6.08 Å². The topological polar surface area (TPSA) is 29.4 Å². The van der Waals surface area contributed by atoms with Crippen LogP contribution in [0.15, 0.2) is 29.3 Å². The molecule has 0 aliphatic heterocycles. The van der Waals surface area contributed by atoms with Crippen LogP contribution in [-0.4, -0.2) is 12.6 Å². The van der Waals surface area contributed by atoms with Gasteiger partial charge in [-0.05, 0) is 24.5 Å². The van der Waals surface area contributed by atoms with Crippen molar-refractivity contribution in [2.45, 2.75) is 31.1 Å². The first-order chi connectivity index (χ1) is 7.78. The van der Waals surface area contributed by atoms with Crippen molar-refractivity contribution in [3.05, 3.63) is 35.6 Å². The zero-order valence-corrected chi connectivity index (χ0v) is 9.08. The molecule has 1 aliphatic carbocycles. The third-order valence-electron chi connectivity index (χ3n) is 3.45. The van der Waals surface area contributed by atoms with E-state index in [2.05, 4.69) is 4.99 Å². The summed E-state index contributed by atoms with van der Waals surface area (Å²) in [6.45, 7) is 0.359. The van der Waals surface area contributed by atoms with E-state index in [4.69, 9.17) is 0 Å². The molecule has 0 aromatic heterocycles. The van der Waals surface area contributed by atoms with Gasteiger partial charge in [0.15, 0.2) is 0 Å². The molecule has 16 heavy (non-hydrogen) atoms. The molecule has 0 amide bonds. The van der Waals surface area contributed by atoms with E-state index in [1.807, 2.05) is 6.07 Å². The van der Waals surface area contributed by atoms with Gasteiger partial charge in [-0.2, -0.15) is 0 Å². The van der Waals surface area contributed by atoms with E-state index in [0.29, 0.717) is 12.1 Å². The smallest absolute Gasteiger partial charge is 0.211 e. The van der Waals surface area contributed by atoms with Crippen molar-refractivity contribution < 1.29 is 9.18 Å². The predicted molar refractivity (Wildman–Crippen MR) is 59.5 cm³/mol. The molecule has 3 heteroatoms. The minimum Gasteiger partial charge on any atom is -0.211 e. The highest BCUT2D eigenvalue weighted by atomic mass is 19.1. The van der Waals surface area contributed by atoms with Crippen LogP contribution in [0.1, 0.15) is 31.2 Å². The van der Waals surface area contributed by atoms with Crippen molar-refractivity contribution in [2.75, 3.05) is 6.54 Å². The van der Waals surface area contributed by atoms with Crippen LogP contribution in [0.3, 0.4) is 0 Å². The van der Waals surface area contributed by atoms with E-state index in [0.717, 1.165) is 25.7 Å². The molecule has 0 heterocycles. The lowest BCUT2D eigenvalue weighted by molar-refractivity contribution is 0.426. The Kier molecular flexibility index (Phi) is 3.16. The zero-order chi connectivity index (χ0) is 11.4. The van der Waals surface area contributed by atoms with Crippen molar-refractivity contribution in [1.82, 2.24) is 0 Å². The van der Waals surface area contributed by atoms with Gasteiger partial charge < -0.3 is 0 Å². The van der Waals surface area contributed by atoms with E-state index < -0.39 is 0 Å². The molecule has 1 aromatic rings. The standard InChI is InChI=1S/C13H14FNO/c14-12-6-2-1-5-11(12)13(9-15-10-16)7-3-4-8-13/h1-2,5-6H,3-4,7-9H2. The lowest BCUT2D eigenvalue weighted by atomic mass is 9.78. The van der Waals surface area contributed by atoms with Gasteiger partial charge in [-0.3, -0.25) is 0 Å². The first kappa shape index (κ1) is 11.0. The third-order valence-corrected chi connectivity index (χ3v) is 3.45. The molecular formula is C13H14FNO. The first-order valence-corrected chi connectivity index (χ1v) is 5.57. The second-order valence-corrected chi connectivity index (χ2v) is 4.37. The van der Waals surface area contributed by atoms with Crippen molar-refractivity contribution in [2.24, 2.45) is 4.99 Å². The zero-order valence-electron chi connectivity index (χ0n) is 9.08. The van der Waals surface area contributed by atoms with Crippen LogP contribution in [0, 0.1) is 5.82 Å². The van der Waals surface area contributed by atoms with Gasteiger partial charge in [-0.1, -0.05) is 31.0 Å². The highest BCUT2D eigenvalue weighted by Crippen LogP contribution is 2.42. The van der Waals surface area contributed by atoms with E-state index in [9.17, 15) is 9.18 Å². The van der Waals surface area contributed by atoms with Gasteiger partial charge in [-0.25, -0.2) is 14.2 Å². The van der Waals surface area contributed by atoms with Gasteiger partial charge in [0, 0.05) is 5.41 Å². The molecule has 0 spiro atoms. The Morgan fingerprint density at radius 2 is 2.00 bits per heavy atom. The number of isocyanates is 1. The second kappa shape index (κ2) is 4.58. The van der Waals surface area contributed by atoms with Gasteiger partial charge >= 0.3 is 0 Å². The van der Waals surface area contributed by atoms with Gasteiger partial charge in [0.25, 0.3) is 0 Å². The summed E-state index contributed by atoms with van der Waals surface area (Å²) in [7, 11) is 0. The summed E-state index contributed by atoms with van der Waals surface area (Å²) >= 11 is 0. The van der Waals surface area contributed by atoms with E-state index in [1.54, 1.807) is 18.2 Å². The average Bonchev–Trinajstić information content (AvgIpc) is 2.77. The molecule has 84 valence electrons. The minimum atomic E-state index is -0.275. The fourth-order valence-corrected chi connectivity index (χ4v) is 2.64. The molecule has 1 fully saturated rings. The fourth-order valence-electron chi connectivity index (χ4n) is 2.64. The lowest BCUT2D eigenvalue weighted by Crippen LogP contribution is -2.27. The second-order valence-electron chi connectivity index (χ2n) is 4.37. The first-order valence-electron chi connectivity index (χ1n) is 5.57. The van der Waals surface area contributed by atoms with Crippen LogP contribution in [0.5, 0.6) is 0 Å². The number of hydrogen-bond acceptors (Lipinski definition) is 2. The van der Waals surface area contributed by atoms with Crippen LogP contribution in [-0.2, 0) is 10.2 Å². The number of nitrogens with zero attached hydrogens (tertiary/aromatic N) is 1. The van der Waals surface area contributed by atoms with Crippen LogP contribution in [0.2, 0.25) is 0 Å². The van der Waals surface area contributed by atoms with Crippen molar-refractivity contribution >= 4 is 6.08 Å². The molecule has 0 bridgehead atoms. The molecule has 1 aliphatic rings. The molecule has 0 saturated heterocycles. The number of rotatable bonds is 3. The summed E-state index contributed by atoms with van der Waals surface area (Å²) in [5.41, 5.74) is 0.425. The molecule has 0 atom stereocenters. The Balaban J connectivity index is 2.39. The molecule has 0 unspecified atom stereocenters. The van der Waals surface area contributed by atoms with Crippen LogP contribution >= 0.6 is 0 Å². The number of benzene rings is 1. The monoisotopic (exact) mass is 219 g/mol. The summed E-state index contributed by atoms with van der Waals surface area (Å²) in [5, 5.41) is 0. The molecule has 2 rings (SSSR count). The summed E-state index contributed by atoms with van der Waals surface area (Å²) in [6, 6.07) is 6.80. The molecule has 0 radical (unpaired) electrons. The number of aliphatic imine (C=N–C) groups is 1. The largest absolute Gasteiger partial charge is 0.234 e. The van der Waals surface area contributed by atoms with E-state index in [-0.39, 0.29) is 11.2 Å². The maximum absolute atomic E-state index is 13.8. The van der Waals surface area contributed by atoms with E-state index >= 15 is 0 Å². The van der Waals surface area contributed by atoms with Crippen molar-refractivity contribution in [1.29, 1.82) is 0 Å². The quantitative estimate of drug-likeness (QED) is 0.567. The third kappa shape index (κ3) is 1.91. The minimum absolute atomic E-state index is 0.189. The van der Waals surface area contributed by atoms with Crippen LogP contribution in [0.25, 0.3) is 0 Å². The van der Waals surface area contributed by atoms with Crippen molar-refractivity contribution in [3.8, 4) is 0 Å². The number of carbonyl (C=O) groups excluding carboxylic acids is 1. The Hall–Kier alpha value is -1.47. The van der Waals surface area contributed by atoms with Gasteiger partial charge in [0.1, 0.15) is 5.82 Å². The maximum atomic E-state index is 13.8. The normalized spacial score (nSPS) is 18.1. The van der Waals surface area contributed by atoms with Gasteiger partial charge in [0.05, 0.1) is 6.54 Å². The van der Waals surface area contributed by atoms with Crippen LogP contribution < -0.4 is 0 Å². The predicted octanol–water partition coefficient (Wildman–Crippen LogP) is 2.97. The Bertz CT molecular complexity index is 418. The highest BCUT2D eigenvalue weighted by Gasteiger charge is 2.37. The average molecular weight is 219 g/mol. The summed E-state index contributed by atoms with van der Waals surface area (Å²) in [4.78, 5) is 13.9. The molecule has 0 N–H and O–H groups in total. The molecular weight excluding hydrogens is 205 g/mol. The highest BCUT2D eigenvalue weighted by molar-refractivity contribution is 5.35. The molecule has 1 aromatic carbocycles. The Morgan fingerprint density at radius 1 is 1.31 bits per heavy atom. The Labute approximate surface area is 94.2 Å². The summed E-state index contributed by atoms with van der Waals surface area (Å²) in [5.74, 6) is -0.189. The molecule has 1 saturated carbocycles. The number of hydrogen-bond donors (Lipinski definition) is 0. The number of halogens is 1. The maximum Gasteiger partial charge on any atom is 0.234 e. The summed E-state index contributed by atoms with van der Waals surface area (Å²) < 4.78 is 13.8. The molecule has 2 nitrogen and oxygen atoms in total. The van der Waals surface area contributed by atoms with Crippen molar-refractivity contribution in [3.63, 3.8) is 0 Å². The van der Waals surface area contributed by atoms with Crippen LogP contribution in [0.4, 0.5) is 4.39 Å². The van der Waals surface area contributed by atoms with E-state index in [1.165, 1.54) is 6.07 Å².